The van der Waals surface area contributed by atoms with Gasteiger partial charge >= 0.3 is 8.80 Å². The molecule has 0 atom stereocenters. The molecule has 43 heavy (non-hydrogen) atoms. The van der Waals surface area contributed by atoms with E-state index >= 15 is 0 Å². The molecule has 0 amide bonds. The maximum absolute atomic E-state index is 5.58. The van der Waals surface area contributed by atoms with Crippen LogP contribution in [0.2, 0.25) is 6.04 Å². The van der Waals surface area contributed by atoms with Crippen LogP contribution in [-0.4, -0.2) is 37.2 Å². The minimum absolute atomic E-state index is 0.785. The van der Waals surface area contributed by atoms with Crippen LogP contribution in [-0.2, 0) is 19.7 Å². The van der Waals surface area contributed by atoms with Gasteiger partial charge in [0.25, 0.3) is 0 Å². The van der Waals surface area contributed by atoms with Crippen molar-refractivity contribution in [2.24, 2.45) is 0 Å². The van der Waals surface area contributed by atoms with E-state index in [1.54, 1.807) is 21.3 Å². The predicted octanol–water partition coefficient (Wildman–Crippen LogP) is 9.40. The quantitative estimate of drug-likeness (QED) is 0.128. The van der Waals surface area contributed by atoms with E-state index in [1.165, 1.54) is 22.4 Å². The summed E-state index contributed by atoms with van der Waals surface area (Å²) in [5.74, 6) is 0. The van der Waals surface area contributed by atoms with E-state index < -0.39 is 8.80 Å². The molecule has 0 heterocycles. The largest absolute Gasteiger partial charge is 0.500 e. The van der Waals surface area contributed by atoms with Crippen molar-refractivity contribution in [3.05, 3.63) is 139 Å². The summed E-state index contributed by atoms with van der Waals surface area (Å²) in [7, 11) is 4.55. The lowest BCUT2D eigenvalue weighted by Gasteiger charge is -2.26. The average Bonchev–Trinajstić information content (AvgIpc) is 3.09. The fourth-order valence-corrected chi connectivity index (χ4v) is 7.10. The van der Waals surface area contributed by atoms with Gasteiger partial charge in [0, 0.05) is 62.9 Å². The summed E-state index contributed by atoms with van der Waals surface area (Å²) in [6.07, 6.45) is 1.87. The Morgan fingerprint density at radius 1 is 0.488 bits per heavy atom. The molecule has 5 aromatic rings. The van der Waals surface area contributed by atoms with Gasteiger partial charge in [-0.15, -0.1) is 0 Å². The Bertz CT molecular complexity index is 1530. The Morgan fingerprint density at radius 2 is 0.884 bits per heavy atom. The van der Waals surface area contributed by atoms with E-state index in [0.29, 0.717) is 0 Å². The molecule has 0 N–H and O–H groups in total. The number of hydrogen-bond donors (Lipinski definition) is 0. The van der Waals surface area contributed by atoms with Gasteiger partial charge in [0.05, 0.1) is 0 Å². The summed E-state index contributed by atoms with van der Waals surface area (Å²) < 4.78 is 16.7. The van der Waals surface area contributed by atoms with Gasteiger partial charge in [-0.1, -0.05) is 72.8 Å². The van der Waals surface area contributed by atoms with Crippen LogP contribution in [0.1, 0.15) is 12.0 Å². The smallest absolute Gasteiger partial charge is 0.377 e. The van der Waals surface area contributed by atoms with Gasteiger partial charge in [-0.05, 0) is 90.2 Å². The number of aryl methyl sites for hydroxylation is 1. The van der Waals surface area contributed by atoms with Crippen molar-refractivity contribution >= 4 is 37.2 Å². The molecule has 0 fully saturated rings. The van der Waals surface area contributed by atoms with Gasteiger partial charge in [0.1, 0.15) is 0 Å². The minimum atomic E-state index is -2.55. The van der Waals surface area contributed by atoms with Crippen LogP contribution in [0.3, 0.4) is 0 Å². The molecule has 220 valence electrons. The Hall–Kier alpha value is -4.20. The minimum Gasteiger partial charge on any atom is -0.377 e. The molecular formula is C37H40N2O3Si. The van der Waals surface area contributed by atoms with Gasteiger partial charge in [0.15, 0.2) is 0 Å². The molecule has 0 saturated heterocycles. The zero-order valence-corrected chi connectivity index (χ0v) is 26.4. The zero-order valence-electron chi connectivity index (χ0n) is 25.4. The molecule has 0 radical (unpaired) electrons. The van der Waals surface area contributed by atoms with Crippen molar-refractivity contribution in [3.8, 4) is 11.1 Å². The normalized spacial score (nSPS) is 11.3. The molecular weight excluding hydrogens is 549 g/mol. The van der Waals surface area contributed by atoms with Crippen LogP contribution in [0.25, 0.3) is 11.1 Å². The first-order chi connectivity index (χ1) is 21.1. The molecule has 0 aliphatic carbocycles. The maximum atomic E-state index is 5.58. The molecule has 0 bridgehead atoms. The highest BCUT2D eigenvalue weighted by Crippen LogP contribution is 2.36. The van der Waals surface area contributed by atoms with Crippen LogP contribution in [0.5, 0.6) is 0 Å². The number of hydrogen-bond acceptors (Lipinski definition) is 5. The molecule has 5 nitrogen and oxygen atoms in total. The highest BCUT2D eigenvalue weighted by Gasteiger charge is 2.36. The van der Waals surface area contributed by atoms with Crippen molar-refractivity contribution < 1.29 is 13.3 Å². The molecule has 0 spiro atoms. The van der Waals surface area contributed by atoms with Crippen molar-refractivity contribution in [2.45, 2.75) is 18.9 Å². The van der Waals surface area contributed by atoms with Gasteiger partial charge < -0.3 is 23.1 Å². The first kappa shape index (κ1) is 30.3. The second kappa shape index (κ2) is 14.3. The standard InChI is InChI=1S/C37H40N2O3Si/c1-38(33-13-7-5-8-14-33)34-25-19-31(20-26-34)32-21-27-37(28-22-32)39(35-15-9-6-10-16-35)36-23-17-30(18-24-36)12-11-29-43(40-2,41-3)42-4/h5-10,13-28H,11-12,29H2,1-4H3. The maximum Gasteiger partial charge on any atom is 0.500 e. The third-order valence-electron chi connectivity index (χ3n) is 7.95. The van der Waals surface area contributed by atoms with Gasteiger partial charge in [0.2, 0.25) is 0 Å². The van der Waals surface area contributed by atoms with Gasteiger partial charge in [-0.3, -0.25) is 0 Å². The monoisotopic (exact) mass is 588 g/mol. The lowest BCUT2D eigenvalue weighted by molar-refractivity contribution is 0.123. The Kier molecular flexibility index (Phi) is 10.1. The molecule has 0 aliphatic heterocycles. The third kappa shape index (κ3) is 7.24. The molecule has 0 aromatic heterocycles. The number of para-hydroxylation sites is 2. The molecule has 0 saturated carbocycles. The molecule has 5 aromatic carbocycles. The lowest BCUT2D eigenvalue weighted by atomic mass is 10.0. The number of nitrogens with zero attached hydrogens (tertiary/aromatic N) is 2. The zero-order chi connectivity index (χ0) is 30.1. The Balaban J connectivity index is 1.33. The summed E-state index contributed by atoms with van der Waals surface area (Å²) in [5.41, 5.74) is 9.32. The van der Waals surface area contributed by atoms with Crippen LogP contribution in [0.15, 0.2) is 133 Å². The summed E-state index contributed by atoms with van der Waals surface area (Å²) in [6, 6.07) is 48.1. The summed E-state index contributed by atoms with van der Waals surface area (Å²) in [4.78, 5) is 4.49. The molecule has 5 rings (SSSR count). The van der Waals surface area contributed by atoms with Gasteiger partial charge in [-0.25, -0.2) is 0 Å². The second-order valence-electron chi connectivity index (χ2n) is 10.5. The fraction of sp³-hybridized carbons (Fsp3) is 0.189. The SMILES string of the molecule is CO[Si](CCCc1ccc(N(c2ccccc2)c2ccc(-c3ccc(N(C)c4ccccc4)cc3)cc2)cc1)(OC)OC. The topological polar surface area (TPSA) is 34.2 Å². The summed E-state index contributed by atoms with van der Waals surface area (Å²) in [5, 5.41) is 0. The Morgan fingerprint density at radius 3 is 1.37 bits per heavy atom. The van der Waals surface area contributed by atoms with E-state index in [1.807, 2.05) is 6.07 Å². The van der Waals surface area contributed by atoms with E-state index in [0.717, 1.165) is 41.6 Å². The van der Waals surface area contributed by atoms with Crippen molar-refractivity contribution in [1.82, 2.24) is 0 Å². The predicted molar refractivity (Wildman–Crippen MR) is 181 cm³/mol. The first-order valence-electron chi connectivity index (χ1n) is 14.6. The number of rotatable bonds is 13. The van der Waals surface area contributed by atoms with Crippen LogP contribution >= 0.6 is 0 Å². The van der Waals surface area contributed by atoms with Crippen molar-refractivity contribution in [2.75, 3.05) is 38.2 Å². The second-order valence-corrected chi connectivity index (χ2v) is 13.6. The number of benzene rings is 5. The fourth-order valence-electron chi connectivity index (χ4n) is 5.38. The van der Waals surface area contributed by atoms with Crippen molar-refractivity contribution in [3.63, 3.8) is 0 Å². The molecule has 0 aliphatic rings. The van der Waals surface area contributed by atoms with Gasteiger partial charge in [-0.2, -0.15) is 0 Å². The first-order valence-corrected chi connectivity index (χ1v) is 16.6. The van der Waals surface area contributed by atoms with Crippen LogP contribution < -0.4 is 9.80 Å². The van der Waals surface area contributed by atoms with E-state index in [-0.39, 0.29) is 0 Å². The van der Waals surface area contributed by atoms with Crippen LogP contribution in [0, 0.1) is 0 Å². The Labute approximate surface area is 257 Å². The molecule has 0 unspecified atom stereocenters. The number of anilines is 5. The van der Waals surface area contributed by atoms with Crippen LogP contribution in [0.4, 0.5) is 28.4 Å². The van der Waals surface area contributed by atoms with E-state index in [2.05, 4.69) is 144 Å². The van der Waals surface area contributed by atoms with E-state index in [4.69, 9.17) is 13.3 Å². The third-order valence-corrected chi connectivity index (χ3v) is 10.8. The average molecular weight is 589 g/mol. The highest BCUT2D eigenvalue weighted by molar-refractivity contribution is 6.60. The molecule has 6 heteroatoms. The summed E-state index contributed by atoms with van der Waals surface area (Å²) >= 11 is 0. The van der Waals surface area contributed by atoms with Crippen molar-refractivity contribution in [1.29, 1.82) is 0 Å². The highest BCUT2D eigenvalue weighted by atomic mass is 28.4. The lowest BCUT2D eigenvalue weighted by Crippen LogP contribution is -2.42. The summed E-state index contributed by atoms with van der Waals surface area (Å²) in [6.45, 7) is 0. The van der Waals surface area contributed by atoms with E-state index in [9.17, 15) is 0 Å².